The van der Waals surface area contributed by atoms with Crippen molar-refractivity contribution in [3.05, 3.63) is 42.5 Å². The third kappa shape index (κ3) is 8.73. The van der Waals surface area contributed by atoms with Gasteiger partial charge in [-0.3, -0.25) is 4.99 Å². The molecule has 0 aliphatic heterocycles. The van der Waals surface area contributed by atoms with Crippen LogP contribution in [0.5, 0.6) is 5.75 Å². The van der Waals surface area contributed by atoms with Crippen molar-refractivity contribution in [1.82, 2.24) is 0 Å². The highest BCUT2D eigenvalue weighted by molar-refractivity contribution is 5.98. The lowest BCUT2D eigenvalue weighted by Gasteiger charge is -2.14. The van der Waals surface area contributed by atoms with Crippen molar-refractivity contribution in [2.24, 2.45) is 16.8 Å². The van der Waals surface area contributed by atoms with Gasteiger partial charge in [0.25, 0.3) is 0 Å². The summed E-state index contributed by atoms with van der Waals surface area (Å²) in [5, 5.41) is 23.1. The lowest BCUT2D eigenvalue weighted by atomic mass is 10.1. The van der Waals surface area contributed by atoms with E-state index in [2.05, 4.69) is 16.9 Å². The zero-order chi connectivity index (χ0) is 24.6. The van der Waals surface area contributed by atoms with E-state index in [-0.39, 0.29) is 5.92 Å². The molecule has 0 aromatic heterocycles. The Labute approximate surface area is 196 Å². The molecule has 1 saturated carbocycles. The van der Waals surface area contributed by atoms with Crippen molar-refractivity contribution in [3.8, 4) is 5.75 Å². The quantitative estimate of drug-likeness (QED) is 0.0746. The predicted octanol–water partition coefficient (Wildman–Crippen LogP) is 4.41. The Balaban J connectivity index is 2.32. The molecule has 8 nitrogen and oxygen atoms in total. The molecule has 0 bridgehead atoms. The lowest BCUT2D eigenvalue weighted by Crippen LogP contribution is -2.31. The van der Waals surface area contributed by atoms with E-state index < -0.39 is 11.6 Å². The Hall–Kier alpha value is -3.13. The number of aliphatic imine (C=N–C) groups is 1. The number of nitrogens with two attached hydrogens (primary N) is 1. The fourth-order valence-corrected chi connectivity index (χ4v) is 2.89. The summed E-state index contributed by atoms with van der Waals surface area (Å²) in [5.41, 5.74) is 7.24. The van der Waals surface area contributed by atoms with Crippen LogP contribution < -0.4 is 15.8 Å². The van der Waals surface area contributed by atoms with Crippen molar-refractivity contribution >= 4 is 29.3 Å². The third-order valence-electron chi connectivity index (χ3n) is 5.11. The first-order chi connectivity index (χ1) is 15.5. The minimum Gasteiger partial charge on any atom is -0.489 e. The Bertz CT molecular complexity index is 938. The largest absolute Gasteiger partial charge is 0.535 e. The summed E-state index contributed by atoms with van der Waals surface area (Å²) < 4.78 is 6.50. The van der Waals surface area contributed by atoms with Crippen molar-refractivity contribution in [2.75, 3.05) is 24.2 Å². The van der Waals surface area contributed by atoms with Crippen LogP contribution >= 0.6 is 0 Å². The monoisotopic (exact) mass is 457 g/mol. The highest BCUT2D eigenvalue weighted by Crippen LogP contribution is 2.34. The second-order valence-corrected chi connectivity index (χ2v) is 9.25. The van der Waals surface area contributed by atoms with Gasteiger partial charge in [-0.15, -0.1) is 0 Å². The topological polar surface area (TPSA) is 120 Å². The molecule has 0 unspecified atom stereocenters. The number of anilines is 2. The second kappa shape index (κ2) is 11.7. The molecule has 0 saturated heterocycles. The van der Waals surface area contributed by atoms with Crippen LogP contribution in [0.1, 0.15) is 52.5 Å². The molecule has 180 valence electrons. The Morgan fingerprint density at radius 1 is 1.42 bits per heavy atom. The van der Waals surface area contributed by atoms with Crippen molar-refractivity contribution in [1.29, 1.82) is 0 Å². The van der Waals surface area contributed by atoms with Crippen LogP contribution in [0.15, 0.2) is 41.9 Å². The highest BCUT2D eigenvalue weighted by Gasteiger charge is 2.27. The zero-order valence-electron chi connectivity index (χ0n) is 20.0. The average molecular weight is 458 g/mol. The number of carbonyl (C=O) groups is 1. The molecule has 0 spiro atoms. The summed E-state index contributed by atoms with van der Waals surface area (Å²) in [6.07, 6.45) is 9.21. The van der Waals surface area contributed by atoms with Gasteiger partial charge in [0.05, 0.1) is 12.2 Å². The highest BCUT2D eigenvalue weighted by atomic mass is 16.5. The van der Waals surface area contributed by atoms with Gasteiger partial charge in [-0.1, -0.05) is 32.6 Å². The Morgan fingerprint density at radius 3 is 2.70 bits per heavy atom. The number of benzene rings is 1. The van der Waals surface area contributed by atoms with Crippen LogP contribution in [-0.2, 0) is 0 Å². The number of carbonyl (C=O) groups excluding carboxylic acids is 1. The second-order valence-electron chi connectivity index (χ2n) is 9.25. The van der Waals surface area contributed by atoms with Crippen LogP contribution in [0.25, 0.3) is 0 Å². The fraction of sp³-hybridized carbons (Fsp3) is 0.480. The molecule has 0 heterocycles. The Kier molecular flexibility index (Phi) is 9.22. The van der Waals surface area contributed by atoms with E-state index in [0.717, 1.165) is 12.8 Å². The van der Waals surface area contributed by atoms with Gasteiger partial charge in [0, 0.05) is 36.0 Å². The van der Waals surface area contributed by atoms with E-state index in [0.29, 0.717) is 58.6 Å². The zero-order valence-corrected chi connectivity index (χ0v) is 20.0. The first kappa shape index (κ1) is 26.1. The number of rotatable bonds is 11. The lowest BCUT2D eigenvalue weighted by molar-refractivity contribution is -0.697. The maximum Gasteiger partial charge on any atom is 0.535 e. The van der Waals surface area contributed by atoms with Gasteiger partial charge in [0.1, 0.15) is 0 Å². The first-order valence-electron chi connectivity index (χ1n) is 11.3. The molecule has 5 N–H and O–H groups in total. The minimum absolute atomic E-state index is 0.104. The van der Waals surface area contributed by atoms with Crippen LogP contribution in [0, 0.1) is 11.8 Å². The molecular formula is C25H37N4O4+. The number of aliphatic hydroxyl groups is 1. The number of hydroxylamine groups is 1. The Morgan fingerprint density at radius 2 is 2.12 bits per heavy atom. The van der Waals surface area contributed by atoms with Gasteiger partial charge in [-0.25, -0.2) is 0 Å². The summed E-state index contributed by atoms with van der Waals surface area (Å²) in [7, 11) is 0. The summed E-state index contributed by atoms with van der Waals surface area (Å²) in [5.74, 6) is 0.840. The molecule has 1 aliphatic carbocycles. The summed E-state index contributed by atoms with van der Waals surface area (Å²) in [6, 6.07) is 2.60. The number of nitrogens with one attached hydrogen (secondary N) is 1. The molecule has 0 radical (unpaired) electrons. The van der Waals surface area contributed by atoms with E-state index in [1.54, 1.807) is 50.4 Å². The smallest absolute Gasteiger partial charge is 0.489 e. The maximum absolute atomic E-state index is 12.8. The molecule has 1 aliphatic rings. The number of nitrogen functional groups attached to an aromatic ring is 1. The molecular weight excluding hydrogens is 420 g/mol. The van der Waals surface area contributed by atoms with Gasteiger partial charge in [0.15, 0.2) is 17.1 Å². The summed E-state index contributed by atoms with van der Waals surface area (Å²) in [4.78, 5) is 17.2. The molecule has 1 fully saturated rings. The van der Waals surface area contributed by atoms with E-state index in [4.69, 9.17) is 10.5 Å². The van der Waals surface area contributed by atoms with Gasteiger partial charge < -0.3 is 20.8 Å². The van der Waals surface area contributed by atoms with Gasteiger partial charge >= 0.3 is 6.03 Å². The molecule has 0 atom stereocenters. The van der Waals surface area contributed by atoms with E-state index >= 15 is 0 Å². The number of urea groups is 1. The van der Waals surface area contributed by atoms with Crippen molar-refractivity contribution < 1.29 is 24.6 Å². The van der Waals surface area contributed by atoms with Crippen LogP contribution in [0.3, 0.4) is 0 Å². The van der Waals surface area contributed by atoms with Gasteiger partial charge in [-0.2, -0.15) is 10.1 Å². The normalized spacial score (nSPS) is 15.2. The number of hydrogen-bond donors (Lipinski definition) is 4. The number of ether oxygens (including phenoxy) is 1. The molecule has 2 rings (SSSR count). The summed E-state index contributed by atoms with van der Waals surface area (Å²) >= 11 is 0. The third-order valence-corrected chi connectivity index (χ3v) is 5.11. The number of allylic oxidation sites excluding steroid dienone is 3. The van der Waals surface area contributed by atoms with E-state index in [1.807, 2.05) is 13.8 Å². The maximum atomic E-state index is 12.8. The number of hydrogen-bond acceptors (Lipinski definition) is 6. The first-order valence-corrected chi connectivity index (χ1v) is 11.3. The molecule has 33 heavy (non-hydrogen) atoms. The standard InChI is InChI=1S/C25H36N4O4/c1-6-7-8-22(17(2)3)29(32)24(30)28-21-13-19(15-27-12-11-25(4,5)31)20(26)14-23(21)33-16-18-9-10-18/h6-8,13-15,17-18,31H,1,9-12,16H2,2-5H3,(H3-,26,27,28,30,32)/p+1/b8-7-,29-22-. The van der Waals surface area contributed by atoms with Crippen LogP contribution in [-0.4, -0.2) is 51.8 Å². The SMILES string of the molecule is C=C/C=C\C(C(C)C)=[N+](\O)C(=O)Nc1cc(C=NCCC(C)(C)O)c(N)cc1OCC1CC1. The number of amides is 2. The van der Waals surface area contributed by atoms with Crippen molar-refractivity contribution in [3.63, 3.8) is 0 Å². The van der Waals surface area contributed by atoms with Crippen LogP contribution in [0.4, 0.5) is 16.2 Å². The number of nitrogens with zero attached hydrogens (tertiary/aromatic N) is 2. The summed E-state index contributed by atoms with van der Waals surface area (Å²) in [6.45, 7) is 11.8. The fourth-order valence-electron chi connectivity index (χ4n) is 2.89. The van der Waals surface area contributed by atoms with Gasteiger partial charge in [0.2, 0.25) is 0 Å². The minimum atomic E-state index is -0.808. The average Bonchev–Trinajstić information content (AvgIpc) is 3.55. The molecule has 8 heteroatoms. The molecule has 2 amide bonds. The molecule has 1 aromatic rings. The van der Waals surface area contributed by atoms with Crippen LogP contribution in [0.2, 0.25) is 0 Å². The van der Waals surface area contributed by atoms with Crippen molar-refractivity contribution in [2.45, 2.75) is 52.6 Å². The van der Waals surface area contributed by atoms with Gasteiger partial charge in [-0.05, 0) is 55.9 Å². The molecule has 1 aromatic carbocycles. The van der Waals surface area contributed by atoms with E-state index in [1.165, 1.54) is 0 Å². The predicted molar refractivity (Wildman–Crippen MR) is 133 cm³/mol. The van der Waals surface area contributed by atoms with E-state index in [9.17, 15) is 15.1 Å².